The predicted octanol–water partition coefficient (Wildman–Crippen LogP) is 2.56. The highest BCUT2D eigenvalue weighted by Crippen LogP contribution is 2.32. The van der Waals surface area contributed by atoms with Gasteiger partial charge < -0.3 is 5.32 Å². The maximum absolute atomic E-state index is 12.3. The molecule has 22 heavy (non-hydrogen) atoms. The molecule has 2 saturated heterocycles. The Bertz CT molecular complexity index is 443. The second-order valence-corrected chi connectivity index (χ2v) is 10.8. The number of nitrogens with zero attached hydrogens (tertiary/aromatic N) is 1. The molecule has 0 saturated carbocycles. The second kappa shape index (κ2) is 7.86. The first kappa shape index (κ1) is 18.6. The first-order valence-electron chi connectivity index (χ1n) is 8.63. The standard InChI is InChI=1S/C16H32N2O2S2/c1-12(2)11-22(19,20)18-7-5-14(6-8-18)17-15-9-16(13(3)4)21-10-15/h12-17H,5-11H2,1-4H3. The summed E-state index contributed by atoms with van der Waals surface area (Å²) >= 11 is 2.09. The zero-order valence-corrected chi connectivity index (χ0v) is 16.0. The molecule has 2 unspecified atom stereocenters. The lowest BCUT2D eigenvalue weighted by molar-refractivity contribution is 0.273. The minimum Gasteiger partial charge on any atom is -0.310 e. The van der Waals surface area contributed by atoms with Gasteiger partial charge in [-0.1, -0.05) is 27.7 Å². The first-order chi connectivity index (χ1) is 10.3. The molecule has 0 bridgehead atoms. The molecule has 2 aliphatic heterocycles. The quantitative estimate of drug-likeness (QED) is 0.801. The Balaban J connectivity index is 1.76. The molecule has 6 heteroatoms. The molecule has 0 radical (unpaired) electrons. The van der Waals surface area contributed by atoms with Gasteiger partial charge >= 0.3 is 0 Å². The van der Waals surface area contributed by atoms with Crippen molar-refractivity contribution in [3.8, 4) is 0 Å². The molecule has 0 amide bonds. The normalized spacial score (nSPS) is 28.8. The van der Waals surface area contributed by atoms with Gasteiger partial charge in [-0.2, -0.15) is 11.8 Å². The van der Waals surface area contributed by atoms with E-state index in [4.69, 9.17) is 0 Å². The summed E-state index contributed by atoms with van der Waals surface area (Å²) in [4.78, 5) is 0. The molecule has 0 aromatic heterocycles. The molecule has 2 rings (SSSR count). The van der Waals surface area contributed by atoms with Crippen LogP contribution in [0.25, 0.3) is 0 Å². The lowest BCUT2D eigenvalue weighted by Crippen LogP contribution is -2.48. The van der Waals surface area contributed by atoms with Crippen molar-refractivity contribution in [1.29, 1.82) is 0 Å². The lowest BCUT2D eigenvalue weighted by Gasteiger charge is -2.33. The van der Waals surface area contributed by atoms with Gasteiger partial charge in [0.15, 0.2) is 0 Å². The average molecular weight is 349 g/mol. The topological polar surface area (TPSA) is 49.4 Å². The molecule has 2 heterocycles. The van der Waals surface area contributed by atoms with Crippen molar-refractivity contribution in [2.75, 3.05) is 24.6 Å². The van der Waals surface area contributed by atoms with Gasteiger partial charge in [0.2, 0.25) is 10.0 Å². The fourth-order valence-corrected chi connectivity index (χ4v) is 6.68. The van der Waals surface area contributed by atoms with Gasteiger partial charge in [-0.25, -0.2) is 12.7 Å². The van der Waals surface area contributed by atoms with E-state index in [-0.39, 0.29) is 11.7 Å². The van der Waals surface area contributed by atoms with Gasteiger partial charge in [0.05, 0.1) is 5.75 Å². The van der Waals surface area contributed by atoms with Crippen LogP contribution in [0.3, 0.4) is 0 Å². The largest absolute Gasteiger partial charge is 0.310 e. The summed E-state index contributed by atoms with van der Waals surface area (Å²) in [5, 5.41) is 4.55. The van der Waals surface area contributed by atoms with E-state index in [0.29, 0.717) is 25.2 Å². The Labute approximate surface area is 140 Å². The van der Waals surface area contributed by atoms with Gasteiger partial charge in [0.1, 0.15) is 0 Å². The number of sulfonamides is 1. The summed E-state index contributed by atoms with van der Waals surface area (Å²) in [5.74, 6) is 2.43. The monoisotopic (exact) mass is 348 g/mol. The van der Waals surface area contributed by atoms with Gasteiger partial charge in [-0.3, -0.25) is 0 Å². The van der Waals surface area contributed by atoms with E-state index >= 15 is 0 Å². The van der Waals surface area contributed by atoms with E-state index in [1.54, 1.807) is 4.31 Å². The van der Waals surface area contributed by atoms with Crippen LogP contribution in [-0.2, 0) is 10.0 Å². The Morgan fingerprint density at radius 2 is 1.77 bits per heavy atom. The van der Waals surface area contributed by atoms with E-state index in [1.165, 1.54) is 12.2 Å². The van der Waals surface area contributed by atoms with Crippen LogP contribution in [-0.4, -0.2) is 54.7 Å². The van der Waals surface area contributed by atoms with Crippen LogP contribution in [0.4, 0.5) is 0 Å². The summed E-state index contributed by atoms with van der Waals surface area (Å²) in [6.45, 7) is 9.90. The molecule has 0 aliphatic carbocycles. The minimum atomic E-state index is -3.05. The lowest BCUT2D eigenvalue weighted by atomic mass is 10.0. The van der Waals surface area contributed by atoms with Crippen LogP contribution in [0.15, 0.2) is 0 Å². The van der Waals surface area contributed by atoms with Gasteiger partial charge in [0, 0.05) is 36.2 Å². The van der Waals surface area contributed by atoms with E-state index in [0.717, 1.165) is 24.0 Å². The fourth-order valence-electron chi connectivity index (χ4n) is 3.40. The molecule has 2 aliphatic rings. The molecular weight excluding hydrogens is 316 g/mol. The van der Waals surface area contributed by atoms with Crippen molar-refractivity contribution < 1.29 is 8.42 Å². The number of rotatable bonds is 6. The summed E-state index contributed by atoms with van der Waals surface area (Å²) < 4.78 is 26.2. The Morgan fingerprint density at radius 1 is 1.14 bits per heavy atom. The molecule has 1 N–H and O–H groups in total. The van der Waals surface area contributed by atoms with E-state index in [1.807, 2.05) is 13.8 Å². The highest BCUT2D eigenvalue weighted by Gasteiger charge is 2.32. The van der Waals surface area contributed by atoms with E-state index in [2.05, 4.69) is 30.9 Å². The number of hydrogen-bond acceptors (Lipinski definition) is 4. The number of hydrogen-bond donors (Lipinski definition) is 1. The van der Waals surface area contributed by atoms with Crippen LogP contribution in [0, 0.1) is 11.8 Å². The van der Waals surface area contributed by atoms with Gasteiger partial charge in [-0.05, 0) is 31.1 Å². The zero-order chi connectivity index (χ0) is 16.3. The smallest absolute Gasteiger partial charge is 0.214 e. The van der Waals surface area contributed by atoms with Crippen LogP contribution in [0.2, 0.25) is 0 Å². The van der Waals surface area contributed by atoms with Crippen molar-refractivity contribution in [2.24, 2.45) is 11.8 Å². The molecule has 0 aromatic carbocycles. The highest BCUT2D eigenvalue weighted by molar-refractivity contribution is 8.00. The van der Waals surface area contributed by atoms with Gasteiger partial charge in [0.25, 0.3) is 0 Å². The number of piperidine rings is 1. The van der Waals surface area contributed by atoms with Crippen molar-refractivity contribution in [1.82, 2.24) is 9.62 Å². The van der Waals surface area contributed by atoms with Crippen LogP contribution < -0.4 is 5.32 Å². The Kier molecular flexibility index (Phi) is 6.63. The fraction of sp³-hybridized carbons (Fsp3) is 1.00. The third kappa shape index (κ3) is 5.11. The predicted molar refractivity (Wildman–Crippen MR) is 95.8 cm³/mol. The molecule has 2 atom stereocenters. The minimum absolute atomic E-state index is 0.198. The zero-order valence-electron chi connectivity index (χ0n) is 14.4. The Hall–Kier alpha value is 0.220. The first-order valence-corrected chi connectivity index (χ1v) is 11.3. The SMILES string of the molecule is CC(C)CS(=O)(=O)N1CCC(NC2CSC(C(C)C)C2)CC1. The third-order valence-corrected chi connectivity index (χ3v) is 8.63. The molecule has 0 spiro atoms. The van der Waals surface area contributed by atoms with Crippen molar-refractivity contribution in [3.63, 3.8) is 0 Å². The van der Waals surface area contributed by atoms with E-state index < -0.39 is 10.0 Å². The maximum atomic E-state index is 12.3. The summed E-state index contributed by atoms with van der Waals surface area (Å²) in [6.07, 6.45) is 3.16. The highest BCUT2D eigenvalue weighted by atomic mass is 32.2. The van der Waals surface area contributed by atoms with Crippen molar-refractivity contribution in [2.45, 2.75) is 64.3 Å². The summed E-state index contributed by atoms with van der Waals surface area (Å²) in [7, 11) is -3.05. The number of nitrogens with one attached hydrogen (secondary N) is 1. The summed E-state index contributed by atoms with van der Waals surface area (Å²) in [6, 6.07) is 1.10. The van der Waals surface area contributed by atoms with Crippen molar-refractivity contribution >= 4 is 21.8 Å². The molecule has 4 nitrogen and oxygen atoms in total. The third-order valence-electron chi connectivity index (χ3n) is 4.63. The average Bonchev–Trinajstić information content (AvgIpc) is 2.86. The molecular formula is C16H32N2O2S2. The number of thioether (sulfide) groups is 1. The molecule has 0 aromatic rings. The Morgan fingerprint density at radius 3 is 2.27 bits per heavy atom. The van der Waals surface area contributed by atoms with Crippen molar-refractivity contribution in [3.05, 3.63) is 0 Å². The van der Waals surface area contributed by atoms with Crippen LogP contribution in [0.5, 0.6) is 0 Å². The second-order valence-electron chi connectivity index (χ2n) is 7.56. The maximum Gasteiger partial charge on any atom is 0.214 e. The summed E-state index contributed by atoms with van der Waals surface area (Å²) in [5.41, 5.74) is 0. The van der Waals surface area contributed by atoms with Gasteiger partial charge in [-0.15, -0.1) is 0 Å². The molecule has 130 valence electrons. The van der Waals surface area contributed by atoms with Crippen LogP contribution in [0.1, 0.15) is 47.0 Å². The van der Waals surface area contributed by atoms with E-state index in [9.17, 15) is 8.42 Å². The molecule has 2 fully saturated rings. The van der Waals surface area contributed by atoms with Crippen LogP contribution >= 0.6 is 11.8 Å².